The quantitative estimate of drug-likeness (QED) is 0.545. The number of primary amides is 1. The van der Waals surface area contributed by atoms with Gasteiger partial charge in [-0.2, -0.15) is 5.10 Å². The molecule has 7 heteroatoms. The maximum atomic E-state index is 11.0. The Morgan fingerprint density at radius 1 is 1.28 bits per heavy atom. The third-order valence-electron chi connectivity index (χ3n) is 2.02. The number of amides is 3. The lowest BCUT2D eigenvalue weighted by Gasteiger charge is -2.05. The maximum absolute atomic E-state index is 11.0. The molecule has 1 aromatic carbocycles. The number of nitrogens with one attached hydrogen (secondary N) is 2. The third-order valence-corrected chi connectivity index (χ3v) is 2.02. The fourth-order valence-electron chi connectivity index (χ4n) is 1.13. The van der Waals surface area contributed by atoms with E-state index in [4.69, 9.17) is 10.5 Å². The van der Waals surface area contributed by atoms with Gasteiger partial charge in [-0.3, -0.25) is 0 Å². The van der Waals surface area contributed by atoms with Crippen molar-refractivity contribution in [1.29, 1.82) is 0 Å². The van der Waals surface area contributed by atoms with Gasteiger partial charge in [-0.05, 0) is 36.8 Å². The number of urea groups is 1. The Morgan fingerprint density at radius 3 is 2.39 bits per heavy atom. The smallest absolute Gasteiger partial charge is 0.410 e. The summed E-state index contributed by atoms with van der Waals surface area (Å²) < 4.78 is 4.92. The molecular weight excluding hydrogens is 236 g/mol. The minimum absolute atomic E-state index is 0.411. The SMILES string of the molecule is CNC(=O)Oc1ccc(C(C)=NNC(N)=O)cc1. The second-order valence-electron chi connectivity index (χ2n) is 3.34. The highest BCUT2D eigenvalue weighted by Crippen LogP contribution is 2.12. The van der Waals surface area contributed by atoms with Crippen molar-refractivity contribution in [3.8, 4) is 5.75 Å². The molecule has 1 aromatic rings. The summed E-state index contributed by atoms with van der Waals surface area (Å²) >= 11 is 0. The van der Waals surface area contributed by atoms with Crippen LogP contribution in [0, 0.1) is 0 Å². The monoisotopic (exact) mass is 250 g/mol. The van der Waals surface area contributed by atoms with Gasteiger partial charge in [0.15, 0.2) is 0 Å². The molecule has 0 saturated carbocycles. The van der Waals surface area contributed by atoms with Crippen molar-refractivity contribution in [2.45, 2.75) is 6.92 Å². The largest absolute Gasteiger partial charge is 0.412 e. The Hall–Kier alpha value is -2.57. The molecule has 7 nitrogen and oxygen atoms in total. The summed E-state index contributed by atoms with van der Waals surface area (Å²) in [6, 6.07) is 5.93. The van der Waals surface area contributed by atoms with Crippen molar-refractivity contribution in [1.82, 2.24) is 10.7 Å². The molecule has 0 heterocycles. The van der Waals surface area contributed by atoms with Gasteiger partial charge in [0, 0.05) is 7.05 Å². The van der Waals surface area contributed by atoms with E-state index in [1.54, 1.807) is 31.2 Å². The Kier molecular flexibility index (Phi) is 4.67. The molecule has 96 valence electrons. The van der Waals surface area contributed by atoms with Crippen molar-refractivity contribution in [2.24, 2.45) is 10.8 Å². The molecule has 0 saturated heterocycles. The van der Waals surface area contributed by atoms with E-state index in [9.17, 15) is 9.59 Å². The van der Waals surface area contributed by atoms with Crippen LogP contribution in [-0.2, 0) is 0 Å². The molecule has 1 rings (SSSR count). The molecule has 4 N–H and O–H groups in total. The highest BCUT2D eigenvalue weighted by atomic mass is 16.5. The summed E-state index contributed by atoms with van der Waals surface area (Å²) in [4.78, 5) is 21.4. The Bertz CT molecular complexity index is 468. The summed E-state index contributed by atoms with van der Waals surface area (Å²) in [5.41, 5.74) is 8.38. The summed E-state index contributed by atoms with van der Waals surface area (Å²) in [5.74, 6) is 0.411. The second-order valence-corrected chi connectivity index (χ2v) is 3.34. The molecule has 0 aliphatic carbocycles. The third kappa shape index (κ3) is 4.12. The van der Waals surface area contributed by atoms with Crippen LogP contribution in [-0.4, -0.2) is 24.9 Å². The van der Waals surface area contributed by atoms with Gasteiger partial charge in [-0.15, -0.1) is 0 Å². The van der Waals surface area contributed by atoms with Crippen LogP contribution < -0.4 is 21.2 Å². The molecule has 0 atom stereocenters. The zero-order chi connectivity index (χ0) is 13.5. The minimum Gasteiger partial charge on any atom is -0.410 e. The molecule has 0 fully saturated rings. The summed E-state index contributed by atoms with van der Waals surface area (Å²) in [6.45, 7) is 1.71. The summed E-state index contributed by atoms with van der Waals surface area (Å²) in [5, 5.41) is 6.11. The number of nitrogens with zero attached hydrogens (tertiary/aromatic N) is 1. The minimum atomic E-state index is -0.728. The molecule has 0 spiro atoms. The van der Waals surface area contributed by atoms with Crippen molar-refractivity contribution >= 4 is 17.8 Å². The zero-order valence-corrected chi connectivity index (χ0v) is 10.1. The Morgan fingerprint density at radius 2 is 1.89 bits per heavy atom. The molecule has 0 unspecified atom stereocenters. The first-order chi connectivity index (χ1) is 8.52. The van der Waals surface area contributed by atoms with E-state index in [-0.39, 0.29) is 0 Å². The van der Waals surface area contributed by atoms with Gasteiger partial charge < -0.3 is 15.8 Å². The van der Waals surface area contributed by atoms with Gasteiger partial charge in [0.25, 0.3) is 0 Å². The normalized spacial score (nSPS) is 10.7. The van der Waals surface area contributed by atoms with Crippen molar-refractivity contribution in [2.75, 3.05) is 7.05 Å². The summed E-state index contributed by atoms with van der Waals surface area (Å²) in [7, 11) is 1.48. The predicted molar refractivity (Wildman–Crippen MR) is 66.5 cm³/mol. The number of carbonyl (C=O) groups is 2. The molecule has 0 aliphatic rings. The van der Waals surface area contributed by atoms with Crippen LogP contribution in [0.5, 0.6) is 5.75 Å². The first-order valence-corrected chi connectivity index (χ1v) is 5.12. The number of hydrogen-bond acceptors (Lipinski definition) is 4. The van der Waals surface area contributed by atoms with Crippen molar-refractivity contribution in [3.05, 3.63) is 29.8 Å². The van der Waals surface area contributed by atoms with Crippen LogP contribution in [0.15, 0.2) is 29.4 Å². The second kappa shape index (κ2) is 6.24. The fourth-order valence-corrected chi connectivity index (χ4v) is 1.13. The van der Waals surface area contributed by atoms with Crippen molar-refractivity contribution < 1.29 is 14.3 Å². The maximum Gasteiger partial charge on any atom is 0.412 e. The van der Waals surface area contributed by atoms with E-state index in [1.807, 2.05) is 0 Å². The lowest BCUT2D eigenvalue weighted by atomic mass is 10.1. The molecule has 0 aliphatic heterocycles. The van der Waals surface area contributed by atoms with Gasteiger partial charge in [0.1, 0.15) is 5.75 Å². The van der Waals surface area contributed by atoms with E-state index in [1.165, 1.54) is 7.05 Å². The van der Waals surface area contributed by atoms with Crippen LogP contribution in [0.1, 0.15) is 12.5 Å². The van der Waals surface area contributed by atoms with E-state index < -0.39 is 12.1 Å². The van der Waals surface area contributed by atoms with Crippen molar-refractivity contribution in [3.63, 3.8) is 0 Å². The average molecular weight is 250 g/mol. The van der Waals surface area contributed by atoms with Crippen LogP contribution >= 0.6 is 0 Å². The molecular formula is C11H14N4O3. The first kappa shape index (κ1) is 13.5. The van der Waals surface area contributed by atoms with E-state index >= 15 is 0 Å². The number of hydrogen-bond donors (Lipinski definition) is 3. The Labute approximate surface area is 104 Å². The van der Waals surface area contributed by atoms with E-state index in [0.29, 0.717) is 11.5 Å². The van der Waals surface area contributed by atoms with Gasteiger partial charge in [-0.1, -0.05) is 0 Å². The Balaban J connectivity index is 2.73. The van der Waals surface area contributed by atoms with Gasteiger partial charge >= 0.3 is 12.1 Å². The number of ether oxygens (including phenoxy) is 1. The predicted octanol–water partition coefficient (Wildman–Crippen LogP) is 0.797. The highest BCUT2D eigenvalue weighted by Gasteiger charge is 2.02. The number of nitrogens with two attached hydrogens (primary N) is 1. The molecule has 18 heavy (non-hydrogen) atoms. The number of rotatable bonds is 3. The zero-order valence-electron chi connectivity index (χ0n) is 10.1. The number of carbonyl (C=O) groups excluding carboxylic acids is 2. The molecule has 0 aromatic heterocycles. The van der Waals surface area contributed by atoms with E-state index in [2.05, 4.69) is 15.8 Å². The fraction of sp³-hybridized carbons (Fsp3) is 0.182. The van der Waals surface area contributed by atoms with Crippen LogP contribution in [0.2, 0.25) is 0 Å². The van der Waals surface area contributed by atoms with Gasteiger partial charge in [-0.25, -0.2) is 15.0 Å². The average Bonchev–Trinajstić information content (AvgIpc) is 2.36. The van der Waals surface area contributed by atoms with Gasteiger partial charge in [0.2, 0.25) is 0 Å². The molecule has 0 radical (unpaired) electrons. The van der Waals surface area contributed by atoms with E-state index in [0.717, 1.165) is 5.56 Å². The van der Waals surface area contributed by atoms with Crippen LogP contribution in [0.3, 0.4) is 0 Å². The van der Waals surface area contributed by atoms with Gasteiger partial charge in [0.05, 0.1) is 5.71 Å². The molecule has 0 bridgehead atoms. The summed E-state index contributed by atoms with van der Waals surface area (Å²) in [6.07, 6.45) is -0.538. The van der Waals surface area contributed by atoms with Crippen LogP contribution in [0.4, 0.5) is 9.59 Å². The lowest BCUT2D eigenvalue weighted by Crippen LogP contribution is -2.25. The standard InChI is InChI=1S/C11H14N4O3/c1-7(14-15-10(12)16)8-3-5-9(6-4-8)18-11(17)13-2/h3-6H,1-2H3,(H,13,17)(H3,12,15,16). The number of benzene rings is 1. The molecule has 3 amide bonds. The number of hydrazone groups is 1. The topological polar surface area (TPSA) is 106 Å². The lowest BCUT2D eigenvalue weighted by molar-refractivity contribution is 0.203. The van der Waals surface area contributed by atoms with Crippen LogP contribution in [0.25, 0.3) is 0 Å². The highest BCUT2D eigenvalue weighted by molar-refractivity contribution is 5.99. The first-order valence-electron chi connectivity index (χ1n) is 5.12.